The van der Waals surface area contributed by atoms with Gasteiger partial charge in [0, 0.05) is 29.1 Å². The Balaban J connectivity index is 2.03. The predicted molar refractivity (Wildman–Crippen MR) is 121 cm³/mol. The van der Waals surface area contributed by atoms with Crippen molar-refractivity contribution in [3.05, 3.63) is 114 Å². The molecule has 0 amide bonds. The van der Waals surface area contributed by atoms with Crippen molar-refractivity contribution in [2.75, 3.05) is 6.61 Å². The molecule has 0 aliphatic heterocycles. The summed E-state index contributed by atoms with van der Waals surface area (Å²) >= 11 is 0. The molecule has 0 saturated carbocycles. The van der Waals surface area contributed by atoms with Gasteiger partial charge in [-0.2, -0.15) is 0 Å². The highest BCUT2D eigenvalue weighted by Crippen LogP contribution is 2.36. The van der Waals surface area contributed by atoms with Gasteiger partial charge in [-0.3, -0.25) is 0 Å². The van der Waals surface area contributed by atoms with Crippen molar-refractivity contribution in [1.29, 1.82) is 0 Å². The number of benzene rings is 3. The summed E-state index contributed by atoms with van der Waals surface area (Å²) in [7, 11) is 0. The molecular weight excluding hydrogens is 370 g/mol. The summed E-state index contributed by atoms with van der Waals surface area (Å²) < 4.78 is 7.67. The number of ether oxygens (including phenoxy) is 1. The van der Waals surface area contributed by atoms with Gasteiger partial charge in [0.15, 0.2) is 0 Å². The van der Waals surface area contributed by atoms with Crippen LogP contribution in [0, 0.1) is 6.92 Å². The van der Waals surface area contributed by atoms with Gasteiger partial charge in [-0.25, -0.2) is 4.79 Å². The van der Waals surface area contributed by atoms with Crippen LogP contribution in [0.25, 0.3) is 16.8 Å². The summed E-state index contributed by atoms with van der Waals surface area (Å²) in [6, 6.07) is 30.7. The van der Waals surface area contributed by atoms with Gasteiger partial charge in [-0.05, 0) is 37.1 Å². The zero-order chi connectivity index (χ0) is 20.9. The van der Waals surface area contributed by atoms with E-state index in [0.717, 1.165) is 28.2 Å². The highest BCUT2D eigenvalue weighted by atomic mass is 16.5. The largest absolute Gasteiger partial charge is 0.462 e. The molecule has 3 aromatic carbocycles. The van der Waals surface area contributed by atoms with Crippen LogP contribution in [0.2, 0.25) is 0 Å². The summed E-state index contributed by atoms with van der Waals surface area (Å²) in [6.45, 7) is 4.19. The van der Waals surface area contributed by atoms with Gasteiger partial charge >= 0.3 is 5.97 Å². The normalized spacial score (nSPS) is 10.7. The predicted octanol–water partition coefficient (Wildman–Crippen LogP) is 6.22. The fraction of sp³-hybridized carbons (Fsp3) is 0.148. The van der Waals surface area contributed by atoms with Gasteiger partial charge in [0.1, 0.15) is 0 Å². The van der Waals surface area contributed by atoms with E-state index in [2.05, 4.69) is 41.0 Å². The second-order valence-electron chi connectivity index (χ2n) is 7.20. The Kier molecular flexibility index (Phi) is 5.80. The third-order valence-corrected chi connectivity index (χ3v) is 5.28. The van der Waals surface area contributed by atoms with E-state index >= 15 is 0 Å². The minimum absolute atomic E-state index is 0.280. The molecule has 0 aliphatic carbocycles. The molecular formula is C27H25NO2. The first-order chi connectivity index (χ1) is 14.7. The molecule has 0 bridgehead atoms. The van der Waals surface area contributed by atoms with Crippen LogP contribution in [0.4, 0.5) is 0 Å². The van der Waals surface area contributed by atoms with E-state index in [4.69, 9.17) is 4.74 Å². The van der Waals surface area contributed by atoms with Crippen LogP contribution < -0.4 is 0 Å². The maximum atomic E-state index is 13.1. The molecule has 4 aromatic rings. The fourth-order valence-corrected chi connectivity index (χ4v) is 4.00. The third kappa shape index (κ3) is 3.79. The van der Waals surface area contributed by atoms with Crippen molar-refractivity contribution in [2.45, 2.75) is 20.3 Å². The summed E-state index contributed by atoms with van der Waals surface area (Å²) in [5, 5.41) is 0. The van der Waals surface area contributed by atoms with Gasteiger partial charge in [0.2, 0.25) is 0 Å². The average Bonchev–Trinajstić information content (AvgIpc) is 3.07. The number of carbonyl (C=O) groups is 1. The molecule has 0 spiro atoms. The third-order valence-electron chi connectivity index (χ3n) is 5.28. The fourth-order valence-electron chi connectivity index (χ4n) is 4.00. The van der Waals surface area contributed by atoms with Crippen molar-refractivity contribution in [3.8, 4) is 16.8 Å². The second kappa shape index (κ2) is 8.83. The molecule has 0 saturated heterocycles. The molecule has 0 radical (unpaired) electrons. The van der Waals surface area contributed by atoms with Crippen LogP contribution in [0.5, 0.6) is 0 Å². The summed E-state index contributed by atoms with van der Waals surface area (Å²) in [4.78, 5) is 13.1. The molecule has 0 N–H and O–H groups in total. The summed E-state index contributed by atoms with van der Waals surface area (Å²) in [5.74, 6) is -0.280. The lowest BCUT2D eigenvalue weighted by molar-refractivity contribution is 0.0526. The Morgan fingerprint density at radius 3 is 2.00 bits per heavy atom. The molecule has 1 aromatic heterocycles. The topological polar surface area (TPSA) is 31.2 Å². The second-order valence-corrected chi connectivity index (χ2v) is 7.20. The first-order valence-electron chi connectivity index (χ1n) is 10.3. The van der Waals surface area contributed by atoms with Gasteiger partial charge in [-0.1, -0.05) is 78.9 Å². The van der Waals surface area contributed by atoms with Crippen LogP contribution in [0.3, 0.4) is 0 Å². The van der Waals surface area contributed by atoms with Crippen molar-refractivity contribution in [2.24, 2.45) is 0 Å². The molecule has 150 valence electrons. The Hall–Kier alpha value is -3.59. The quantitative estimate of drug-likeness (QED) is 0.363. The first kappa shape index (κ1) is 19.7. The van der Waals surface area contributed by atoms with Crippen molar-refractivity contribution in [1.82, 2.24) is 4.57 Å². The number of nitrogens with zero attached hydrogens (tertiary/aromatic N) is 1. The van der Waals surface area contributed by atoms with Crippen LogP contribution in [0.1, 0.15) is 34.2 Å². The molecule has 0 aliphatic rings. The Morgan fingerprint density at radius 2 is 1.40 bits per heavy atom. The highest BCUT2D eigenvalue weighted by Gasteiger charge is 2.27. The minimum Gasteiger partial charge on any atom is -0.462 e. The summed E-state index contributed by atoms with van der Waals surface area (Å²) in [6.07, 6.45) is 0.709. The summed E-state index contributed by atoms with van der Waals surface area (Å²) in [5.41, 5.74) is 6.80. The number of rotatable bonds is 6. The molecule has 3 nitrogen and oxygen atoms in total. The zero-order valence-electron chi connectivity index (χ0n) is 17.3. The monoisotopic (exact) mass is 395 g/mol. The standard InChI is InChI=1S/C27H25NO2/c1-3-30-27(29)25-20(2)28(23-17-11-6-12-18-23)24(19-21-13-7-4-8-14-21)26(25)22-15-9-5-10-16-22/h4-18H,3,19H2,1-2H3. The maximum absolute atomic E-state index is 13.1. The molecule has 30 heavy (non-hydrogen) atoms. The number of carbonyl (C=O) groups excluding carboxylic acids is 1. The molecule has 0 unspecified atom stereocenters. The minimum atomic E-state index is -0.280. The molecule has 0 fully saturated rings. The smallest absolute Gasteiger partial charge is 0.340 e. The van der Waals surface area contributed by atoms with Gasteiger partial charge in [0.25, 0.3) is 0 Å². The van der Waals surface area contributed by atoms with E-state index in [1.807, 2.05) is 68.4 Å². The van der Waals surface area contributed by atoms with Crippen LogP contribution in [-0.2, 0) is 11.2 Å². The SMILES string of the molecule is CCOC(=O)c1c(-c2ccccc2)c(Cc2ccccc2)n(-c2ccccc2)c1C. The van der Waals surface area contributed by atoms with E-state index in [1.54, 1.807) is 0 Å². The number of hydrogen-bond acceptors (Lipinski definition) is 2. The number of aromatic nitrogens is 1. The number of para-hydroxylation sites is 1. The Bertz CT molecular complexity index is 1130. The van der Waals surface area contributed by atoms with Gasteiger partial charge in [-0.15, -0.1) is 0 Å². The maximum Gasteiger partial charge on any atom is 0.340 e. The van der Waals surface area contributed by atoms with E-state index < -0.39 is 0 Å². The molecule has 4 rings (SSSR count). The van der Waals surface area contributed by atoms with Crippen molar-refractivity contribution < 1.29 is 9.53 Å². The zero-order valence-corrected chi connectivity index (χ0v) is 17.3. The van der Waals surface area contributed by atoms with E-state index in [-0.39, 0.29) is 5.97 Å². The van der Waals surface area contributed by atoms with E-state index in [0.29, 0.717) is 18.6 Å². The average molecular weight is 396 g/mol. The van der Waals surface area contributed by atoms with Crippen molar-refractivity contribution in [3.63, 3.8) is 0 Å². The molecule has 1 heterocycles. The number of esters is 1. The van der Waals surface area contributed by atoms with Crippen molar-refractivity contribution >= 4 is 5.97 Å². The lowest BCUT2D eigenvalue weighted by atomic mass is 9.97. The highest BCUT2D eigenvalue weighted by molar-refractivity contribution is 6.00. The molecule has 3 heteroatoms. The van der Waals surface area contributed by atoms with E-state index in [9.17, 15) is 4.79 Å². The van der Waals surface area contributed by atoms with Crippen LogP contribution in [-0.4, -0.2) is 17.1 Å². The van der Waals surface area contributed by atoms with Crippen LogP contribution in [0.15, 0.2) is 91.0 Å². The lowest BCUT2D eigenvalue weighted by Crippen LogP contribution is -2.07. The van der Waals surface area contributed by atoms with E-state index in [1.165, 1.54) is 5.56 Å². The van der Waals surface area contributed by atoms with Gasteiger partial charge < -0.3 is 9.30 Å². The lowest BCUT2D eigenvalue weighted by Gasteiger charge is -2.14. The van der Waals surface area contributed by atoms with Crippen LogP contribution >= 0.6 is 0 Å². The Morgan fingerprint density at radius 1 is 0.833 bits per heavy atom. The first-order valence-corrected chi connectivity index (χ1v) is 10.3. The molecule has 0 atom stereocenters. The number of hydrogen-bond donors (Lipinski definition) is 0. The Labute approximate surface area is 177 Å². The van der Waals surface area contributed by atoms with Gasteiger partial charge in [0.05, 0.1) is 12.2 Å².